The summed E-state index contributed by atoms with van der Waals surface area (Å²) in [6.45, 7) is 7.42. The Hall–Kier alpha value is -2.83. The molecule has 3 rings (SSSR count). The average Bonchev–Trinajstić information content (AvgIpc) is 2.73. The van der Waals surface area contributed by atoms with E-state index in [0.29, 0.717) is 10.7 Å². The number of nitrogens with one attached hydrogen (secondary N) is 1. The standard InChI is InChI=1S/C25H27ClN2O3S/c1-17-5-12-23(13-6-17)32(30,31)28(22-10-8-21(26)9-11-22)16-25(29)27-20(4)24-14-7-18(2)15-19(24)3/h5-15,20H,16H2,1-4H3,(H,27,29)/t20-/m1/s1. The molecule has 0 unspecified atom stereocenters. The number of hydrogen-bond donors (Lipinski definition) is 1. The minimum absolute atomic E-state index is 0.119. The fourth-order valence-corrected chi connectivity index (χ4v) is 5.11. The number of carbonyl (C=O) groups is 1. The van der Waals surface area contributed by atoms with Crippen molar-refractivity contribution >= 4 is 33.2 Å². The maximum atomic E-state index is 13.4. The molecule has 1 atom stereocenters. The van der Waals surface area contributed by atoms with Crippen molar-refractivity contribution in [2.45, 2.75) is 38.6 Å². The Bertz CT molecular complexity index is 1210. The first-order valence-corrected chi connectivity index (χ1v) is 12.1. The van der Waals surface area contributed by atoms with E-state index in [0.717, 1.165) is 26.6 Å². The van der Waals surface area contributed by atoms with E-state index in [-0.39, 0.29) is 17.5 Å². The van der Waals surface area contributed by atoms with E-state index in [1.165, 1.54) is 0 Å². The van der Waals surface area contributed by atoms with Gasteiger partial charge >= 0.3 is 0 Å². The van der Waals surface area contributed by atoms with Crippen molar-refractivity contribution in [3.8, 4) is 0 Å². The Balaban J connectivity index is 1.89. The number of amides is 1. The van der Waals surface area contributed by atoms with Crippen LogP contribution in [0.2, 0.25) is 5.02 Å². The van der Waals surface area contributed by atoms with Crippen LogP contribution in [0.1, 0.15) is 35.2 Å². The molecule has 32 heavy (non-hydrogen) atoms. The summed E-state index contributed by atoms with van der Waals surface area (Å²) in [7, 11) is -3.96. The topological polar surface area (TPSA) is 66.5 Å². The summed E-state index contributed by atoms with van der Waals surface area (Å²) < 4.78 is 28.0. The third-order valence-corrected chi connectivity index (χ3v) is 7.32. The molecule has 0 radical (unpaired) electrons. The zero-order chi connectivity index (χ0) is 23.5. The van der Waals surface area contributed by atoms with Crippen LogP contribution >= 0.6 is 11.6 Å². The molecular weight excluding hydrogens is 444 g/mol. The molecule has 7 heteroatoms. The third kappa shape index (κ3) is 5.50. The van der Waals surface area contributed by atoms with Gasteiger partial charge in [0.2, 0.25) is 5.91 Å². The van der Waals surface area contributed by atoms with E-state index in [2.05, 4.69) is 11.4 Å². The van der Waals surface area contributed by atoms with Crippen molar-refractivity contribution in [3.63, 3.8) is 0 Å². The molecule has 1 amide bonds. The van der Waals surface area contributed by atoms with Crippen LogP contribution in [0.25, 0.3) is 0 Å². The Morgan fingerprint density at radius 2 is 1.53 bits per heavy atom. The summed E-state index contributed by atoms with van der Waals surface area (Å²) in [6.07, 6.45) is 0. The molecule has 3 aromatic rings. The predicted molar refractivity (Wildman–Crippen MR) is 130 cm³/mol. The van der Waals surface area contributed by atoms with Crippen LogP contribution in [0, 0.1) is 20.8 Å². The van der Waals surface area contributed by atoms with Crippen LogP contribution in [0.4, 0.5) is 5.69 Å². The molecule has 5 nitrogen and oxygen atoms in total. The maximum Gasteiger partial charge on any atom is 0.264 e. The van der Waals surface area contributed by atoms with Gasteiger partial charge in [0.25, 0.3) is 10.0 Å². The van der Waals surface area contributed by atoms with Crippen LogP contribution in [0.3, 0.4) is 0 Å². The van der Waals surface area contributed by atoms with Crippen LogP contribution in [0.5, 0.6) is 0 Å². The van der Waals surface area contributed by atoms with Crippen molar-refractivity contribution in [1.29, 1.82) is 0 Å². The monoisotopic (exact) mass is 470 g/mol. The van der Waals surface area contributed by atoms with Crippen LogP contribution in [-0.4, -0.2) is 20.9 Å². The van der Waals surface area contributed by atoms with E-state index in [1.807, 2.05) is 39.8 Å². The molecule has 0 fully saturated rings. The second kappa shape index (κ2) is 9.76. The highest BCUT2D eigenvalue weighted by Crippen LogP contribution is 2.26. The van der Waals surface area contributed by atoms with E-state index in [1.54, 1.807) is 48.5 Å². The molecule has 0 spiro atoms. The first-order chi connectivity index (χ1) is 15.1. The maximum absolute atomic E-state index is 13.4. The number of halogens is 1. The minimum atomic E-state index is -3.96. The van der Waals surface area contributed by atoms with Gasteiger partial charge in [-0.2, -0.15) is 0 Å². The Kier molecular flexibility index (Phi) is 7.26. The molecule has 0 aliphatic heterocycles. The van der Waals surface area contributed by atoms with Gasteiger partial charge in [-0.3, -0.25) is 9.10 Å². The first kappa shape index (κ1) is 23.8. The average molecular weight is 471 g/mol. The summed E-state index contributed by atoms with van der Waals surface area (Å²) in [6, 6.07) is 18.7. The molecule has 0 bridgehead atoms. The van der Waals surface area contributed by atoms with Crippen LogP contribution in [-0.2, 0) is 14.8 Å². The van der Waals surface area contributed by atoms with Gasteiger partial charge in [0, 0.05) is 5.02 Å². The Morgan fingerprint density at radius 3 is 2.12 bits per heavy atom. The van der Waals surface area contributed by atoms with Crippen molar-refractivity contribution in [3.05, 3.63) is 94.0 Å². The number of anilines is 1. The van der Waals surface area contributed by atoms with Gasteiger partial charge in [-0.1, -0.05) is 53.1 Å². The smallest absolute Gasteiger partial charge is 0.264 e. The third-order valence-electron chi connectivity index (χ3n) is 5.28. The SMILES string of the molecule is Cc1ccc(S(=O)(=O)N(CC(=O)N[C@H](C)c2ccc(C)cc2C)c2ccc(Cl)cc2)cc1. The van der Waals surface area contributed by atoms with E-state index < -0.39 is 15.9 Å². The molecule has 1 N–H and O–H groups in total. The lowest BCUT2D eigenvalue weighted by atomic mass is 10.0. The predicted octanol–water partition coefficient (Wildman–Crippen LogP) is 5.34. The molecule has 0 saturated carbocycles. The largest absolute Gasteiger partial charge is 0.348 e. The first-order valence-electron chi connectivity index (χ1n) is 10.3. The van der Waals surface area contributed by atoms with Crippen molar-refractivity contribution in [2.24, 2.45) is 0 Å². The number of carbonyl (C=O) groups excluding carboxylic acids is 1. The highest BCUT2D eigenvalue weighted by molar-refractivity contribution is 7.92. The number of benzene rings is 3. The summed E-state index contributed by atoms with van der Waals surface area (Å²) >= 11 is 5.99. The van der Waals surface area contributed by atoms with Gasteiger partial charge in [0.05, 0.1) is 16.6 Å². The van der Waals surface area contributed by atoms with E-state index >= 15 is 0 Å². The number of aryl methyl sites for hydroxylation is 3. The molecule has 0 saturated heterocycles. The zero-order valence-electron chi connectivity index (χ0n) is 18.6. The number of rotatable bonds is 7. The van der Waals surface area contributed by atoms with E-state index in [4.69, 9.17) is 11.6 Å². The summed E-state index contributed by atoms with van der Waals surface area (Å²) in [4.78, 5) is 13.1. The lowest BCUT2D eigenvalue weighted by molar-refractivity contribution is -0.120. The van der Waals surface area contributed by atoms with Crippen LogP contribution < -0.4 is 9.62 Å². The molecule has 0 aliphatic rings. The van der Waals surface area contributed by atoms with Gasteiger partial charge in [-0.05, 0) is 75.2 Å². The van der Waals surface area contributed by atoms with Crippen molar-refractivity contribution < 1.29 is 13.2 Å². The molecule has 0 aromatic heterocycles. The molecular formula is C25H27ClN2O3S. The number of nitrogens with zero attached hydrogens (tertiary/aromatic N) is 1. The molecule has 0 aliphatic carbocycles. The Morgan fingerprint density at radius 1 is 0.938 bits per heavy atom. The van der Waals surface area contributed by atoms with Gasteiger partial charge in [-0.15, -0.1) is 0 Å². The van der Waals surface area contributed by atoms with Gasteiger partial charge in [0.15, 0.2) is 0 Å². The molecule has 3 aromatic carbocycles. The highest BCUT2D eigenvalue weighted by Gasteiger charge is 2.27. The van der Waals surface area contributed by atoms with E-state index in [9.17, 15) is 13.2 Å². The number of hydrogen-bond acceptors (Lipinski definition) is 3. The fraction of sp³-hybridized carbons (Fsp3) is 0.240. The quantitative estimate of drug-likeness (QED) is 0.507. The van der Waals surface area contributed by atoms with Gasteiger partial charge in [-0.25, -0.2) is 8.42 Å². The summed E-state index contributed by atoms with van der Waals surface area (Å²) in [5, 5.41) is 3.41. The normalized spacial score (nSPS) is 12.3. The molecule has 0 heterocycles. The zero-order valence-corrected chi connectivity index (χ0v) is 20.2. The van der Waals surface area contributed by atoms with Crippen molar-refractivity contribution in [1.82, 2.24) is 5.32 Å². The highest BCUT2D eigenvalue weighted by atomic mass is 35.5. The van der Waals surface area contributed by atoms with Gasteiger partial charge in [0.1, 0.15) is 6.54 Å². The Labute approximate surface area is 195 Å². The summed E-state index contributed by atoms with van der Waals surface area (Å²) in [5.41, 5.74) is 4.51. The minimum Gasteiger partial charge on any atom is -0.348 e. The van der Waals surface area contributed by atoms with Crippen LogP contribution in [0.15, 0.2) is 71.6 Å². The summed E-state index contributed by atoms with van der Waals surface area (Å²) in [5.74, 6) is -0.400. The lowest BCUT2D eigenvalue weighted by Gasteiger charge is -2.25. The fourth-order valence-electron chi connectivity index (χ4n) is 3.57. The lowest BCUT2D eigenvalue weighted by Crippen LogP contribution is -2.41. The van der Waals surface area contributed by atoms with Crippen molar-refractivity contribution in [2.75, 3.05) is 10.8 Å². The number of sulfonamides is 1. The second-order valence-corrected chi connectivity index (χ2v) is 10.2. The van der Waals surface area contributed by atoms with Gasteiger partial charge < -0.3 is 5.32 Å². The molecule has 168 valence electrons. The second-order valence-electron chi connectivity index (χ2n) is 7.95.